The van der Waals surface area contributed by atoms with Crippen molar-refractivity contribution in [1.29, 1.82) is 0 Å². The summed E-state index contributed by atoms with van der Waals surface area (Å²) in [6.07, 6.45) is 8.92. The molecule has 0 unspecified atom stereocenters. The predicted octanol–water partition coefficient (Wildman–Crippen LogP) is 1.73. The number of nitrogens with two attached hydrogens (primary N) is 1. The molecular weight excluding hydrogens is 332 g/mol. The highest BCUT2D eigenvalue weighted by Crippen LogP contribution is 2.25. The van der Waals surface area contributed by atoms with E-state index < -0.39 is 0 Å². The summed E-state index contributed by atoms with van der Waals surface area (Å²) in [5, 5.41) is 3.49. The second kappa shape index (κ2) is 6.78. The SMILES string of the molecule is Cc1ncoc1C(=O)N1CCc2nc(N)nc(NC3CC=CC3)c2CC1. The fourth-order valence-corrected chi connectivity index (χ4v) is 3.52. The molecule has 26 heavy (non-hydrogen) atoms. The van der Waals surface area contributed by atoms with E-state index in [1.54, 1.807) is 11.8 Å². The minimum atomic E-state index is -0.136. The molecule has 0 radical (unpaired) electrons. The van der Waals surface area contributed by atoms with Crippen molar-refractivity contribution in [3.05, 3.63) is 41.3 Å². The average molecular weight is 354 g/mol. The zero-order valence-corrected chi connectivity index (χ0v) is 14.7. The van der Waals surface area contributed by atoms with Gasteiger partial charge in [0.15, 0.2) is 6.39 Å². The fraction of sp³-hybridized carbons (Fsp3) is 0.444. The summed E-state index contributed by atoms with van der Waals surface area (Å²) >= 11 is 0. The van der Waals surface area contributed by atoms with Crippen LogP contribution in [-0.2, 0) is 12.8 Å². The van der Waals surface area contributed by atoms with Gasteiger partial charge >= 0.3 is 0 Å². The van der Waals surface area contributed by atoms with Gasteiger partial charge in [-0.3, -0.25) is 4.79 Å². The molecule has 1 amide bonds. The van der Waals surface area contributed by atoms with E-state index in [1.807, 2.05) is 0 Å². The molecular formula is C18H22N6O2. The van der Waals surface area contributed by atoms with Crippen LogP contribution >= 0.6 is 0 Å². The normalized spacial score (nSPS) is 17.2. The van der Waals surface area contributed by atoms with Crippen LogP contribution < -0.4 is 11.1 Å². The number of carbonyl (C=O) groups is 1. The summed E-state index contributed by atoms with van der Waals surface area (Å²) in [6, 6.07) is 0.339. The lowest BCUT2D eigenvalue weighted by Crippen LogP contribution is -2.33. The zero-order valence-electron chi connectivity index (χ0n) is 14.7. The number of anilines is 2. The van der Waals surface area contributed by atoms with Crippen LogP contribution in [0.5, 0.6) is 0 Å². The molecule has 0 fully saturated rings. The second-order valence-electron chi connectivity index (χ2n) is 6.70. The summed E-state index contributed by atoms with van der Waals surface area (Å²) in [5.74, 6) is 1.23. The first-order chi connectivity index (χ1) is 12.6. The molecule has 1 aliphatic heterocycles. The number of hydrogen-bond acceptors (Lipinski definition) is 7. The topological polar surface area (TPSA) is 110 Å². The molecule has 8 nitrogen and oxygen atoms in total. The van der Waals surface area contributed by atoms with Crippen LogP contribution in [0, 0.1) is 6.92 Å². The molecule has 1 aliphatic carbocycles. The summed E-state index contributed by atoms with van der Waals surface area (Å²) < 4.78 is 5.26. The maximum Gasteiger partial charge on any atom is 0.291 e. The number of nitrogen functional groups attached to an aromatic ring is 1. The molecule has 136 valence electrons. The molecule has 0 atom stereocenters. The van der Waals surface area contributed by atoms with Crippen LogP contribution in [0.15, 0.2) is 23.0 Å². The van der Waals surface area contributed by atoms with Crippen molar-refractivity contribution in [2.24, 2.45) is 0 Å². The Labute approximate surface area is 151 Å². The van der Waals surface area contributed by atoms with Crippen LogP contribution in [-0.4, -0.2) is 44.9 Å². The standard InChI is InChI=1S/C18H22N6O2/c1-11-15(26-10-20-11)17(25)24-8-6-13-14(7-9-24)22-18(19)23-16(13)21-12-4-2-3-5-12/h2-3,10,12H,4-9H2,1H3,(H3,19,21,22,23). The third-order valence-electron chi connectivity index (χ3n) is 4.94. The van der Waals surface area contributed by atoms with E-state index >= 15 is 0 Å². The molecule has 0 bridgehead atoms. The number of aryl methyl sites for hydroxylation is 1. The number of nitrogens with one attached hydrogen (secondary N) is 1. The summed E-state index contributed by atoms with van der Waals surface area (Å²) in [7, 11) is 0. The zero-order chi connectivity index (χ0) is 18.1. The highest BCUT2D eigenvalue weighted by Gasteiger charge is 2.26. The van der Waals surface area contributed by atoms with Gasteiger partial charge in [-0.15, -0.1) is 0 Å². The maximum absolute atomic E-state index is 12.7. The lowest BCUT2D eigenvalue weighted by atomic mass is 10.1. The second-order valence-corrected chi connectivity index (χ2v) is 6.70. The lowest BCUT2D eigenvalue weighted by molar-refractivity contribution is 0.0730. The number of aromatic nitrogens is 3. The smallest absolute Gasteiger partial charge is 0.291 e. The van der Waals surface area contributed by atoms with Crippen LogP contribution in [0.25, 0.3) is 0 Å². The first-order valence-electron chi connectivity index (χ1n) is 8.88. The highest BCUT2D eigenvalue weighted by atomic mass is 16.3. The largest absolute Gasteiger partial charge is 0.438 e. The van der Waals surface area contributed by atoms with Crippen molar-refractivity contribution in [3.8, 4) is 0 Å². The Morgan fingerprint density at radius 2 is 2.04 bits per heavy atom. The number of oxazole rings is 1. The molecule has 2 aromatic rings. The Morgan fingerprint density at radius 3 is 2.77 bits per heavy atom. The minimum Gasteiger partial charge on any atom is -0.438 e. The van der Waals surface area contributed by atoms with E-state index in [0.29, 0.717) is 43.4 Å². The molecule has 2 aliphatic rings. The Balaban J connectivity index is 1.55. The minimum absolute atomic E-state index is 0.136. The highest BCUT2D eigenvalue weighted by molar-refractivity contribution is 5.92. The number of hydrogen-bond donors (Lipinski definition) is 2. The molecule has 2 aromatic heterocycles. The van der Waals surface area contributed by atoms with Crippen LogP contribution in [0.2, 0.25) is 0 Å². The number of rotatable bonds is 3. The summed E-state index contributed by atoms with van der Waals surface area (Å²) in [6.45, 7) is 2.91. The monoisotopic (exact) mass is 354 g/mol. The molecule has 0 aromatic carbocycles. The molecule has 8 heteroatoms. The molecule has 0 saturated heterocycles. The van der Waals surface area contributed by atoms with Gasteiger partial charge in [0.1, 0.15) is 5.82 Å². The Kier molecular flexibility index (Phi) is 4.32. The molecule has 0 saturated carbocycles. The Bertz CT molecular complexity index is 851. The first kappa shape index (κ1) is 16.6. The number of fused-ring (bicyclic) bond motifs is 1. The Morgan fingerprint density at radius 1 is 1.27 bits per heavy atom. The average Bonchev–Trinajstić information content (AvgIpc) is 3.22. The molecule has 0 spiro atoms. The van der Waals surface area contributed by atoms with Gasteiger partial charge in [-0.2, -0.15) is 4.98 Å². The summed E-state index contributed by atoms with van der Waals surface area (Å²) in [5.41, 5.74) is 8.49. The lowest BCUT2D eigenvalue weighted by Gasteiger charge is -2.19. The molecule has 3 N–H and O–H groups in total. The van der Waals surface area contributed by atoms with E-state index in [9.17, 15) is 4.79 Å². The predicted molar refractivity (Wildman–Crippen MR) is 96.8 cm³/mol. The van der Waals surface area contributed by atoms with Crippen LogP contribution in [0.4, 0.5) is 11.8 Å². The van der Waals surface area contributed by atoms with Crippen molar-refractivity contribution in [2.45, 2.75) is 38.6 Å². The number of nitrogens with zero attached hydrogens (tertiary/aromatic N) is 4. The third-order valence-corrected chi connectivity index (χ3v) is 4.94. The Hall–Kier alpha value is -2.90. The number of carbonyl (C=O) groups excluding carboxylic acids is 1. The molecule has 3 heterocycles. The van der Waals surface area contributed by atoms with Gasteiger partial charge in [0.05, 0.1) is 11.4 Å². The van der Waals surface area contributed by atoms with E-state index in [4.69, 9.17) is 10.2 Å². The van der Waals surface area contributed by atoms with Gasteiger partial charge < -0.3 is 20.4 Å². The van der Waals surface area contributed by atoms with E-state index in [0.717, 1.165) is 29.9 Å². The van der Waals surface area contributed by atoms with Gasteiger partial charge in [0.2, 0.25) is 11.7 Å². The van der Waals surface area contributed by atoms with E-state index in [1.165, 1.54) is 6.39 Å². The third kappa shape index (κ3) is 3.14. The van der Waals surface area contributed by atoms with Crippen molar-refractivity contribution in [1.82, 2.24) is 19.9 Å². The maximum atomic E-state index is 12.7. The van der Waals surface area contributed by atoms with E-state index in [2.05, 4.69) is 32.4 Å². The van der Waals surface area contributed by atoms with Crippen LogP contribution in [0.3, 0.4) is 0 Å². The van der Waals surface area contributed by atoms with Gasteiger partial charge in [-0.05, 0) is 26.2 Å². The van der Waals surface area contributed by atoms with Gasteiger partial charge in [0, 0.05) is 31.1 Å². The molecule has 4 rings (SSSR count). The van der Waals surface area contributed by atoms with Crippen LogP contribution in [0.1, 0.15) is 40.3 Å². The first-order valence-corrected chi connectivity index (χ1v) is 8.88. The van der Waals surface area contributed by atoms with Crippen molar-refractivity contribution in [2.75, 3.05) is 24.1 Å². The van der Waals surface area contributed by atoms with Gasteiger partial charge in [0.25, 0.3) is 5.91 Å². The van der Waals surface area contributed by atoms with Gasteiger partial charge in [-0.25, -0.2) is 9.97 Å². The van der Waals surface area contributed by atoms with Crippen molar-refractivity contribution < 1.29 is 9.21 Å². The fourth-order valence-electron chi connectivity index (χ4n) is 3.52. The summed E-state index contributed by atoms with van der Waals surface area (Å²) in [4.78, 5) is 27.4. The van der Waals surface area contributed by atoms with Crippen molar-refractivity contribution >= 4 is 17.7 Å². The quantitative estimate of drug-likeness (QED) is 0.808. The number of amides is 1. The van der Waals surface area contributed by atoms with Crippen molar-refractivity contribution in [3.63, 3.8) is 0 Å². The van der Waals surface area contributed by atoms with E-state index in [-0.39, 0.29) is 11.9 Å². The van der Waals surface area contributed by atoms with Gasteiger partial charge in [-0.1, -0.05) is 12.2 Å².